The number of nitrogens with zero attached hydrogens (tertiary/aromatic N) is 1. The van der Waals surface area contributed by atoms with E-state index in [0.29, 0.717) is 6.42 Å². The van der Waals surface area contributed by atoms with Crippen molar-refractivity contribution >= 4 is 27.6 Å². The Morgan fingerprint density at radius 1 is 1.00 bits per heavy atom. The van der Waals surface area contributed by atoms with Crippen LogP contribution in [-0.4, -0.2) is 36.1 Å². The van der Waals surface area contributed by atoms with Gasteiger partial charge in [-0.1, -0.05) is 60.7 Å². The molecular weight excluding hydrogens is 348 g/mol. The Morgan fingerprint density at radius 3 is 2.54 bits per heavy atom. The zero-order chi connectivity index (χ0) is 19.3. The number of methoxy groups -OCH3 is 1. The molecule has 0 saturated carbocycles. The lowest BCUT2D eigenvalue weighted by Gasteiger charge is -2.38. The maximum absolute atomic E-state index is 12.6. The van der Waals surface area contributed by atoms with E-state index >= 15 is 0 Å². The van der Waals surface area contributed by atoms with Gasteiger partial charge in [0, 0.05) is 23.0 Å². The molecule has 4 nitrogen and oxygen atoms in total. The molecule has 0 bridgehead atoms. The highest BCUT2D eigenvalue weighted by atomic mass is 16.5. The van der Waals surface area contributed by atoms with Gasteiger partial charge in [0.25, 0.3) is 0 Å². The number of para-hydroxylation sites is 1. The van der Waals surface area contributed by atoms with Crippen molar-refractivity contribution in [2.45, 2.75) is 18.5 Å². The third-order valence-electron chi connectivity index (χ3n) is 6.01. The molecule has 0 unspecified atom stereocenters. The quantitative estimate of drug-likeness (QED) is 0.531. The van der Waals surface area contributed by atoms with E-state index in [2.05, 4.69) is 70.5 Å². The van der Waals surface area contributed by atoms with Crippen LogP contribution in [0.4, 0.5) is 0 Å². The monoisotopic (exact) mass is 370 g/mol. The molecule has 0 fully saturated rings. The number of carbonyl (C=O) groups is 1. The lowest BCUT2D eigenvalue weighted by atomic mass is 9.86. The van der Waals surface area contributed by atoms with E-state index in [-0.39, 0.29) is 18.1 Å². The Bertz CT molecular complexity index is 1190. The minimum absolute atomic E-state index is 0.0497. The van der Waals surface area contributed by atoms with Gasteiger partial charge in [0.15, 0.2) is 0 Å². The van der Waals surface area contributed by atoms with Crippen molar-refractivity contribution in [3.63, 3.8) is 0 Å². The first-order valence-corrected chi connectivity index (χ1v) is 9.56. The summed E-state index contributed by atoms with van der Waals surface area (Å²) in [7, 11) is 3.48. The van der Waals surface area contributed by atoms with Gasteiger partial charge in [0.2, 0.25) is 0 Å². The Labute approximate surface area is 163 Å². The van der Waals surface area contributed by atoms with Crippen molar-refractivity contribution in [2.75, 3.05) is 14.2 Å². The van der Waals surface area contributed by atoms with Crippen LogP contribution in [0.25, 0.3) is 21.7 Å². The molecule has 5 rings (SSSR count). The second-order valence-electron chi connectivity index (χ2n) is 7.44. The molecular formula is C24H22N2O2. The Hall–Kier alpha value is -3.11. The number of hydrogen-bond donors (Lipinski definition) is 1. The number of fused-ring (bicyclic) bond motifs is 4. The highest BCUT2D eigenvalue weighted by Gasteiger charge is 2.39. The molecule has 0 aliphatic carbocycles. The van der Waals surface area contributed by atoms with E-state index in [1.165, 1.54) is 40.1 Å². The van der Waals surface area contributed by atoms with Gasteiger partial charge >= 0.3 is 5.97 Å². The van der Waals surface area contributed by atoms with E-state index in [1.54, 1.807) is 0 Å². The van der Waals surface area contributed by atoms with Crippen LogP contribution in [0.15, 0.2) is 66.7 Å². The number of likely N-dealkylation sites (N-methyl/N-ethyl adjacent to an activating group) is 1. The van der Waals surface area contributed by atoms with Crippen LogP contribution in [0.3, 0.4) is 0 Å². The standard InChI is InChI=1S/C24H22N2O2/c1-26-21(24(27)28-2)14-19-17-11-5-6-13-20(17)25-22(19)23(26)18-12-7-9-15-8-3-4-10-16(15)18/h3-13,21,23,25H,14H2,1-2H3/t21-,23+/m0/s1. The molecule has 0 saturated heterocycles. The fraction of sp³-hybridized carbons (Fsp3) is 0.208. The molecule has 4 heteroatoms. The summed E-state index contributed by atoms with van der Waals surface area (Å²) in [6.07, 6.45) is 0.643. The Kier molecular flexibility index (Phi) is 3.95. The van der Waals surface area contributed by atoms with Gasteiger partial charge in [-0.05, 0) is 35.0 Å². The minimum Gasteiger partial charge on any atom is -0.468 e. The van der Waals surface area contributed by atoms with E-state index in [4.69, 9.17) is 4.74 Å². The molecule has 2 atom stereocenters. The van der Waals surface area contributed by atoms with E-state index in [9.17, 15) is 4.79 Å². The Morgan fingerprint density at radius 2 is 1.71 bits per heavy atom. The van der Waals surface area contributed by atoms with Gasteiger partial charge < -0.3 is 9.72 Å². The molecule has 4 aromatic rings. The lowest BCUT2D eigenvalue weighted by Crippen LogP contribution is -2.46. The summed E-state index contributed by atoms with van der Waals surface area (Å²) < 4.78 is 5.14. The first-order valence-electron chi connectivity index (χ1n) is 9.56. The van der Waals surface area contributed by atoms with Crippen molar-refractivity contribution < 1.29 is 9.53 Å². The van der Waals surface area contributed by atoms with Crippen molar-refractivity contribution in [3.05, 3.63) is 83.6 Å². The number of hydrogen-bond acceptors (Lipinski definition) is 3. The van der Waals surface area contributed by atoms with Crippen LogP contribution in [-0.2, 0) is 16.0 Å². The summed E-state index contributed by atoms with van der Waals surface area (Å²) >= 11 is 0. The number of aromatic amines is 1. The number of H-pyrrole nitrogens is 1. The predicted molar refractivity (Wildman–Crippen MR) is 111 cm³/mol. The first-order chi connectivity index (χ1) is 13.7. The van der Waals surface area contributed by atoms with Gasteiger partial charge in [-0.3, -0.25) is 9.69 Å². The van der Waals surface area contributed by atoms with Crippen LogP contribution in [0, 0.1) is 0 Å². The van der Waals surface area contributed by atoms with Gasteiger partial charge in [-0.25, -0.2) is 0 Å². The summed E-state index contributed by atoms with van der Waals surface area (Å²) in [5, 5.41) is 3.59. The van der Waals surface area contributed by atoms with Crippen molar-refractivity contribution in [3.8, 4) is 0 Å². The lowest BCUT2D eigenvalue weighted by molar-refractivity contribution is -0.147. The first kappa shape index (κ1) is 17.0. The molecule has 0 spiro atoms. The van der Waals surface area contributed by atoms with Crippen LogP contribution < -0.4 is 0 Å². The number of ether oxygens (including phenoxy) is 1. The molecule has 1 aliphatic rings. The average molecular weight is 370 g/mol. The predicted octanol–water partition coefficient (Wildman–Crippen LogP) is 4.44. The zero-order valence-electron chi connectivity index (χ0n) is 16.0. The molecule has 0 amide bonds. The number of benzene rings is 3. The van der Waals surface area contributed by atoms with Crippen LogP contribution >= 0.6 is 0 Å². The summed E-state index contributed by atoms with van der Waals surface area (Å²) in [6, 6.07) is 22.8. The van der Waals surface area contributed by atoms with Gasteiger partial charge in [0.1, 0.15) is 6.04 Å². The largest absolute Gasteiger partial charge is 0.468 e. The second-order valence-corrected chi connectivity index (χ2v) is 7.44. The van der Waals surface area contributed by atoms with E-state index < -0.39 is 0 Å². The molecule has 3 aromatic carbocycles. The average Bonchev–Trinajstić information content (AvgIpc) is 3.10. The van der Waals surface area contributed by atoms with Crippen molar-refractivity contribution in [1.82, 2.24) is 9.88 Å². The zero-order valence-corrected chi connectivity index (χ0v) is 16.0. The number of esters is 1. The number of nitrogens with one attached hydrogen (secondary N) is 1. The third kappa shape index (κ3) is 2.45. The topological polar surface area (TPSA) is 45.3 Å². The van der Waals surface area contributed by atoms with Gasteiger partial charge in [0.05, 0.1) is 13.2 Å². The van der Waals surface area contributed by atoms with E-state index in [1.807, 2.05) is 13.1 Å². The third-order valence-corrected chi connectivity index (χ3v) is 6.01. The molecule has 140 valence electrons. The molecule has 1 aromatic heterocycles. The van der Waals surface area contributed by atoms with Crippen LogP contribution in [0.1, 0.15) is 22.9 Å². The summed E-state index contributed by atoms with van der Waals surface area (Å²) in [5.74, 6) is -0.191. The number of rotatable bonds is 2. The van der Waals surface area contributed by atoms with Gasteiger partial charge in [-0.15, -0.1) is 0 Å². The maximum atomic E-state index is 12.6. The number of carbonyl (C=O) groups excluding carboxylic acids is 1. The van der Waals surface area contributed by atoms with E-state index in [0.717, 1.165) is 5.52 Å². The van der Waals surface area contributed by atoms with Crippen LogP contribution in [0.2, 0.25) is 0 Å². The highest BCUT2D eigenvalue weighted by molar-refractivity contribution is 5.90. The normalized spacial score (nSPS) is 19.6. The molecule has 0 radical (unpaired) electrons. The molecule has 1 N–H and O–H groups in total. The van der Waals surface area contributed by atoms with Crippen molar-refractivity contribution in [2.24, 2.45) is 0 Å². The maximum Gasteiger partial charge on any atom is 0.323 e. The number of aromatic nitrogens is 1. The fourth-order valence-corrected chi connectivity index (χ4v) is 4.64. The summed E-state index contributed by atoms with van der Waals surface area (Å²) in [4.78, 5) is 18.4. The van der Waals surface area contributed by atoms with Crippen molar-refractivity contribution in [1.29, 1.82) is 0 Å². The molecule has 2 heterocycles. The second kappa shape index (κ2) is 6.50. The molecule has 28 heavy (non-hydrogen) atoms. The van der Waals surface area contributed by atoms with Crippen LogP contribution in [0.5, 0.6) is 0 Å². The fourth-order valence-electron chi connectivity index (χ4n) is 4.64. The minimum atomic E-state index is -0.319. The smallest absolute Gasteiger partial charge is 0.323 e. The SMILES string of the molecule is COC(=O)[C@@H]1Cc2c([nH]c3ccccc23)[C@@H](c2cccc3ccccc23)N1C. The Balaban J connectivity index is 1.79. The highest BCUT2D eigenvalue weighted by Crippen LogP contribution is 2.42. The molecule has 1 aliphatic heterocycles. The summed E-state index contributed by atoms with van der Waals surface area (Å²) in [6.45, 7) is 0. The summed E-state index contributed by atoms with van der Waals surface area (Å²) in [5.41, 5.74) is 4.68. The van der Waals surface area contributed by atoms with Gasteiger partial charge in [-0.2, -0.15) is 0 Å².